The molecular formula is C20H39FN4O. The molecule has 1 aromatic rings. The summed E-state index contributed by atoms with van der Waals surface area (Å²) in [4.78, 5) is 14.3. The first-order valence-electron chi connectivity index (χ1n) is 9.89. The molecule has 0 atom stereocenters. The van der Waals surface area contributed by atoms with Gasteiger partial charge in [-0.15, -0.1) is 0 Å². The largest absolute Gasteiger partial charge is 0.381 e. The standard InChI is InChI=1S/C7H8FN3O.C6H13N.C3H6.2C2H6/c1-3-4(7(10)12)2-5(8)6(9)11-3;7-6-4-2-1-3-5-6;1-2-3-1;2*1-2/h2H,1H3,(H2,9,11)(H2,10,12);6H,1-5,7H2;1-3H2;2*1-2H3. The molecule has 2 fully saturated rings. The third-order valence-corrected chi connectivity index (χ3v) is 3.46. The normalized spacial score (nSPS) is 14.6. The van der Waals surface area contributed by atoms with Crippen LogP contribution in [0.15, 0.2) is 6.07 Å². The van der Waals surface area contributed by atoms with Gasteiger partial charge in [-0.1, -0.05) is 66.2 Å². The number of amides is 1. The van der Waals surface area contributed by atoms with Crippen LogP contribution in [-0.4, -0.2) is 16.9 Å². The van der Waals surface area contributed by atoms with Gasteiger partial charge in [0.15, 0.2) is 11.6 Å². The SMILES string of the molecule is C1CC1.CC.CC.Cc1nc(N)c(F)cc1C(N)=O.NC1CCCCC1. The second kappa shape index (κ2) is 16.8. The van der Waals surface area contributed by atoms with Gasteiger partial charge in [-0.05, 0) is 25.8 Å². The molecule has 2 aliphatic rings. The summed E-state index contributed by atoms with van der Waals surface area (Å²) in [5.74, 6) is -1.66. The number of nitrogens with two attached hydrogens (primary N) is 3. The van der Waals surface area contributed by atoms with Gasteiger partial charge in [-0.3, -0.25) is 4.79 Å². The van der Waals surface area contributed by atoms with E-state index in [1.165, 1.54) is 58.3 Å². The number of halogens is 1. The maximum absolute atomic E-state index is 12.7. The fourth-order valence-corrected chi connectivity index (χ4v) is 1.98. The lowest BCUT2D eigenvalue weighted by Crippen LogP contribution is -2.22. The number of nitrogen functional groups attached to an aromatic ring is 1. The van der Waals surface area contributed by atoms with Crippen LogP contribution in [0.2, 0.25) is 0 Å². The van der Waals surface area contributed by atoms with Crippen LogP contribution in [0, 0.1) is 12.7 Å². The lowest BCUT2D eigenvalue weighted by atomic mass is 9.97. The Morgan fingerprint density at radius 1 is 1.04 bits per heavy atom. The van der Waals surface area contributed by atoms with Crippen LogP contribution in [0.4, 0.5) is 10.2 Å². The molecule has 3 rings (SSSR count). The number of primary amides is 1. The highest BCUT2D eigenvalue weighted by Crippen LogP contribution is 2.15. The van der Waals surface area contributed by atoms with Crippen LogP contribution in [-0.2, 0) is 0 Å². The number of hydrogen-bond acceptors (Lipinski definition) is 4. The van der Waals surface area contributed by atoms with Crippen molar-refractivity contribution in [1.82, 2.24) is 4.98 Å². The second-order valence-corrected chi connectivity index (χ2v) is 5.81. The fraction of sp³-hybridized carbons (Fsp3) is 0.700. The first kappa shape index (κ1) is 26.5. The molecular weight excluding hydrogens is 331 g/mol. The first-order chi connectivity index (χ1) is 12.4. The summed E-state index contributed by atoms with van der Waals surface area (Å²) in [5.41, 5.74) is 16.1. The molecule has 2 saturated carbocycles. The van der Waals surface area contributed by atoms with E-state index < -0.39 is 11.7 Å². The molecule has 2 aliphatic carbocycles. The first-order valence-corrected chi connectivity index (χ1v) is 9.89. The van der Waals surface area contributed by atoms with Gasteiger partial charge in [0.1, 0.15) is 0 Å². The highest BCUT2D eigenvalue weighted by atomic mass is 19.1. The quantitative estimate of drug-likeness (QED) is 0.665. The highest BCUT2D eigenvalue weighted by Gasteiger charge is 2.10. The topological polar surface area (TPSA) is 108 Å². The fourth-order valence-electron chi connectivity index (χ4n) is 1.98. The maximum atomic E-state index is 12.7. The molecule has 5 nitrogen and oxygen atoms in total. The van der Waals surface area contributed by atoms with E-state index >= 15 is 0 Å². The van der Waals surface area contributed by atoms with E-state index in [0.29, 0.717) is 11.7 Å². The van der Waals surface area contributed by atoms with E-state index in [4.69, 9.17) is 17.2 Å². The molecule has 0 unspecified atom stereocenters. The Labute approximate surface area is 158 Å². The zero-order valence-corrected chi connectivity index (χ0v) is 17.3. The number of anilines is 1. The summed E-state index contributed by atoms with van der Waals surface area (Å²) >= 11 is 0. The molecule has 1 amide bonds. The third-order valence-electron chi connectivity index (χ3n) is 3.46. The van der Waals surface area contributed by atoms with Gasteiger partial charge in [0.25, 0.3) is 5.91 Å². The summed E-state index contributed by atoms with van der Waals surface area (Å²) < 4.78 is 12.7. The lowest BCUT2D eigenvalue weighted by molar-refractivity contribution is 0.0999. The molecule has 1 heterocycles. The lowest BCUT2D eigenvalue weighted by Gasteiger charge is -2.15. The number of rotatable bonds is 1. The van der Waals surface area contributed by atoms with Crippen molar-refractivity contribution in [2.75, 3.05) is 5.73 Å². The molecule has 1 aromatic heterocycles. The number of aryl methyl sites for hydroxylation is 1. The van der Waals surface area contributed by atoms with Crippen molar-refractivity contribution in [3.63, 3.8) is 0 Å². The molecule has 0 radical (unpaired) electrons. The Bertz CT molecular complexity index is 484. The van der Waals surface area contributed by atoms with E-state index in [2.05, 4.69) is 4.98 Å². The number of nitrogens with zero attached hydrogens (tertiary/aromatic N) is 1. The van der Waals surface area contributed by atoms with Gasteiger partial charge >= 0.3 is 0 Å². The van der Waals surface area contributed by atoms with Crippen LogP contribution in [0.3, 0.4) is 0 Å². The number of carbonyl (C=O) groups is 1. The van der Waals surface area contributed by atoms with Crippen molar-refractivity contribution in [3.05, 3.63) is 23.1 Å². The van der Waals surface area contributed by atoms with Gasteiger partial charge in [0, 0.05) is 6.04 Å². The zero-order chi connectivity index (χ0) is 20.5. The van der Waals surface area contributed by atoms with Gasteiger partial charge in [-0.2, -0.15) is 0 Å². The third kappa shape index (κ3) is 13.6. The Balaban J connectivity index is 0. The minimum atomic E-state index is -0.727. The summed E-state index contributed by atoms with van der Waals surface area (Å²) in [5, 5.41) is 0. The second-order valence-electron chi connectivity index (χ2n) is 5.81. The van der Waals surface area contributed by atoms with Crippen LogP contribution in [0.5, 0.6) is 0 Å². The Morgan fingerprint density at radius 3 is 1.77 bits per heavy atom. The number of hydrogen-bond donors (Lipinski definition) is 3. The minimum absolute atomic E-state index is 0.0571. The van der Waals surface area contributed by atoms with Crippen molar-refractivity contribution in [3.8, 4) is 0 Å². The van der Waals surface area contributed by atoms with Crippen LogP contribution in [0.1, 0.15) is 95.1 Å². The number of pyridine rings is 1. The van der Waals surface area contributed by atoms with Crippen molar-refractivity contribution in [1.29, 1.82) is 0 Å². The Morgan fingerprint density at radius 2 is 1.46 bits per heavy atom. The number of aromatic nitrogens is 1. The monoisotopic (exact) mass is 370 g/mol. The van der Waals surface area contributed by atoms with Crippen LogP contribution in [0.25, 0.3) is 0 Å². The highest BCUT2D eigenvalue weighted by molar-refractivity contribution is 5.94. The van der Waals surface area contributed by atoms with E-state index in [9.17, 15) is 9.18 Å². The van der Waals surface area contributed by atoms with E-state index in [0.717, 1.165) is 6.07 Å². The van der Waals surface area contributed by atoms with Gasteiger partial charge in [0.2, 0.25) is 0 Å². The molecule has 26 heavy (non-hydrogen) atoms. The molecule has 152 valence electrons. The van der Waals surface area contributed by atoms with Gasteiger partial charge in [-0.25, -0.2) is 9.37 Å². The van der Waals surface area contributed by atoms with Crippen molar-refractivity contribution < 1.29 is 9.18 Å². The predicted octanol–water partition coefficient (Wildman–Crippen LogP) is 4.71. The van der Waals surface area contributed by atoms with E-state index in [1.54, 1.807) is 0 Å². The number of carbonyl (C=O) groups excluding carboxylic acids is 1. The minimum Gasteiger partial charge on any atom is -0.381 e. The zero-order valence-electron chi connectivity index (χ0n) is 17.3. The molecule has 0 aliphatic heterocycles. The summed E-state index contributed by atoms with van der Waals surface area (Å²) in [6.07, 6.45) is 11.2. The maximum Gasteiger partial charge on any atom is 0.250 e. The average Bonchev–Trinajstić information content (AvgIpc) is 3.52. The molecule has 0 saturated heterocycles. The molecule has 0 spiro atoms. The van der Waals surface area contributed by atoms with E-state index in [1.807, 2.05) is 27.7 Å². The van der Waals surface area contributed by atoms with Crippen LogP contribution < -0.4 is 17.2 Å². The summed E-state index contributed by atoms with van der Waals surface area (Å²) in [7, 11) is 0. The average molecular weight is 371 g/mol. The smallest absolute Gasteiger partial charge is 0.250 e. The van der Waals surface area contributed by atoms with Crippen LogP contribution >= 0.6 is 0 Å². The summed E-state index contributed by atoms with van der Waals surface area (Å²) in [6, 6.07) is 1.52. The molecule has 6 heteroatoms. The van der Waals surface area contributed by atoms with Crippen molar-refractivity contribution in [2.24, 2.45) is 11.5 Å². The Kier molecular flexibility index (Phi) is 17.1. The summed E-state index contributed by atoms with van der Waals surface area (Å²) in [6.45, 7) is 9.54. The Hall–Kier alpha value is -1.69. The van der Waals surface area contributed by atoms with Gasteiger partial charge in [0.05, 0.1) is 11.3 Å². The van der Waals surface area contributed by atoms with Gasteiger partial charge < -0.3 is 17.2 Å². The molecule has 6 N–H and O–H groups in total. The predicted molar refractivity (Wildman–Crippen MR) is 109 cm³/mol. The van der Waals surface area contributed by atoms with Crippen molar-refractivity contribution in [2.45, 2.75) is 92.0 Å². The van der Waals surface area contributed by atoms with Crippen molar-refractivity contribution >= 4 is 11.7 Å². The molecule has 0 bridgehead atoms. The molecule has 0 aromatic carbocycles. The van der Waals surface area contributed by atoms with E-state index in [-0.39, 0.29) is 11.4 Å².